The summed E-state index contributed by atoms with van der Waals surface area (Å²) in [4.78, 5) is 4.20. The second kappa shape index (κ2) is 5.60. The number of hydrogen-bond donors (Lipinski definition) is 2. The van der Waals surface area contributed by atoms with Crippen molar-refractivity contribution >= 4 is 0 Å². The molecule has 21 heavy (non-hydrogen) atoms. The Balaban J connectivity index is 1.43. The van der Waals surface area contributed by atoms with E-state index in [1.54, 1.807) is 17.5 Å². The van der Waals surface area contributed by atoms with Crippen molar-refractivity contribution in [3.05, 3.63) is 47.5 Å². The van der Waals surface area contributed by atoms with Crippen LogP contribution in [0.1, 0.15) is 29.8 Å². The van der Waals surface area contributed by atoms with Crippen molar-refractivity contribution in [1.82, 2.24) is 20.5 Å². The van der Waals surface area contributed by atoms with Crippen LogP contribution < -0.4 is 5.32 Å². The largest absolute Gasteiger partial charge is 0.313 e. The molecule has 2 aromatic rings. The Labute approximate surface area is 125 Å². The fraction of sp³-hybridized carbons (Fsp3) is 0.529. The number of hydrogen-bond acceptors (Lipinski definition) is 3. The summed E-state index contributed by atoms with van der Waals surface area (Å²) in [6, 6.07) is 9.68. The average Bonchev–Trinajstić information content (AvgIpc) is 3.08. The zero-order chi connectivity index (χ0) is 14.1. The Bertz CT molecular complexity index is 560. The Morgan fingerprint density at radius 1 is 1.10 bits per heavy atom. The first-order valence-corrected chi connectivity index (χ1v) is 8.04. The molecule has 1 saturated carbocycles. The van der Waals surface area contributed by atoms with Gasteiger partial charge in [-0.05, 0) is 48.6 Å². The number of benzene rings is 1. The first kappa shape index (κ1) is 13.0. The maximum absolute atomic E-state index is 4.20. The lowest BCUT2D eigenvalue weighted by molar-refractivity contribution is 0.343. The number of nitrogens with zero attached hydrogens (tertiary/aromatic N) is 2. The summed E-state index contributed by atoms with van der Waals surface area (Å²) in [6.45, 7) is 0.989. The molecule has 2 N–H and O–H groups in total. The Morgan fingerprint density at radius 3 is 2.43 bits per heavy atom. The van der Waals surface area contributed by atoms with E-state index in [0.29, 0.717) is 6.04 Å². The lowest BCUT2D eigenvalue weighted by Crippen LogP contribution is -2.39. The summed E-state index contributed by atoms with van der Waals surface area (Å²) in [7, 11) is 0. The van der Waals surface area contributed by atoms with E-state index >= 15 is 0 Å². The van der Waals surface area contributed by atoms with E-state index in [1.165, 1.54) is 25.7 Å². The van der Waals surface area contributed by atoms with Crippen LogP contribution in [-0.4, -0.2) is 27.8 Å². The van der Waals surface area contributed by atoms with Crippen LogP contribution >= 0.6 is 0 Å². The molecular formula is C17H22N4. The second-order valence-corrected chi connectivity index (χ2v) is 6.44. The van der Waals surface area contributed by atoms with Crippen LogP contribution in [0.5, 0.6) is 0 Å². The van der Waals surface area contributed by atoms with E-state index in [-0.39, 0.29) is 0 Å². The van der Waals surface area contributed by atoms with Gasteiger partial charge in [-0.2, -0.15) is 5.10 Å². The molecule has 0 radical (unpaired) electrons. The summed E-state index contributed by atoms with van der Waals surface area (Å²) in [6.07, 6.45) is 7.75. The topological polar surface area (TPSA) is 53.6 Å². The minimum atomic E-state index is 0.667. The fourth-order valence-electron chi connectivity index (χ4n) is 4.19. The molecule has 0 saturated heterocycles. The molecule has 0 aliphatic heterocycles. The molecule has 2 aliphatic rings. The van der Waals surface area contributed by atoms with Gasteiger partial charge >= 0.3 is 0 Å². The first-order valence-electron chi connectivity index (χ1n) is 8.04. The van der Waals surface area contributed by atoms with Crippen molar-refractivity contribution in [1.29, 1.82) is 0 Å². The van der Waals surface area contributed by atoms with E-state index < -0.39 is 0 Å². The molecule has 0 spiro atoms. The Hall–Kier alpha value is -1.68. The fourth-order valence-corrected chi connectivity index (χ4v) is 4.19. The van der Waals surface area contributed by atoms with Crippen LogP contribution in [0.4, 0.5) is 0 Å². The van der Waals surface area contributed by atoms with Crippen LogP contribution in [0.2, 0.25) is 0 Å². The van der Waals surface area contributed by atoms with Crippen LogP contribution in [0.3, 0.4) is 0 Å². The Kier molecular flexibility index (Phi) is 3.47. The standard InChI is InChI=1S/C17H22N4/c1-2-4-13-10-15-6-5-14(9-12(13)3-1)17(15)18-8-7-16-19-11-20-21-16/h1-4,11,14-15,17-18H,5-10H2,(H,19,20,21). The maximum Gasteiger partial charge on any atom is 0.137 e. The molecule has 1 fully saturated rings. The number of aromatic nitrogens is 3. The van der Waals surface area contributed by atoms with Gasteiger partial charge in [-0.3, -0.25) is 5.10 Å². The molecule has 1 aromatic carbocycles. The van der Waals surface area contributed by atoms with Crippen molar-refractivity contribution in [2.75, 3.05) is 6.54 Å². The van der Waals surface area contributed by atoms with Gasteiger partial charge in [-0.1, -0.05) is 24.3 Å². The summed E-state index contributed by atoms with van der Waals surface area (Å²) < 4.78 is 0. The molecule has 2 aliphatic carbocycles. The lowest BCUT2D eigenvalue weighted by atomic mass is 9.94. The molecule has 2 bridgehead atoms. The van der Waals surface area contributed by atoms with Crippen molar-refractivity contribution in [3.63, 3.8) is 0 Å². The summed E-state index contributed by atoms with van der Waals surface area (Å²) in [5, 5.41) is 10.7. The van der Waals surface area contributed by atoms with Crippen LogP contribution in [0.15, 0.2) is 30.6 Å². The summed E-state index contributed by atoms with van der Waals surface area (Å²) >= 11 is 0. The molecule has 4 nitrogen and oxygen atoms in total. The highest BCUT2D eigenvalue weighted by Gasteiger charge is 2.38. The van der Waals surface area contributed by atoms with Crippen molar-refractivity contribution < 1.29 is 0 Å². The van der Waals surface area contributed by atoms with E-state index in [1.807, 2.05) is 0 Å². The highest BCUT2D eigenvalue weighted by Crippen LogP contribution is 2.39. The predicted molar refractivity (Wildman–Crippen MR) is 81.9 cm³/mol. The van der Waals surface area contributed by atoms with Crippen LogP contribution in [0.25, 0.3) is 0 Å². The maximum atomic E-state index is 4.20. The highest BCUT2D eigenvalue weighted by atomic mass is 15.2. The lowest BCUT2D eigenvalue weighted by Gasteiger charge is -2.23. The number of fused-ring (bicyclic) bond motifs is 3. The van der Waals surface area contributed by atoms with Gasteiger partial charge in [-0.25, -0.2) is 4.98 Å². The number of H-pyrrole nitrogens is 1. The average molecular weight is 282 g/mol. The summed E-state index contributed by atoms with van der Waals surface area (Å²) in [5.41, 5.74) is 3.15. The Morgan fingerprint density at radius 2 is 1.81 bits per heavy atom. The molecule has 4 heteroatoms. The van der Waals surface area contributed by atoms with Gasteiger partial charge in [0, 0.05) is 19.0 Å². The zero-order valence-corrected chi connectivity index (χ0v) is 12.3. The first-order chi connectivity index (χ1) is 10.4. The summed E-state index contributed by atoms with van der Waals surface area (Å²) in [5.74, 6) is 2.58. The van der Waals surface area contributed by atoms with E-state index in [2.05, 4.69) is 44.8 Å². The minimum Gasteiger partial charge on any atom is -0.313 e. The highest BCUT2D eigenvalue weighted by molar-refractivity contribution is 5.30. The molecule has 4 rings (SSSR count). The van der Waals surface area contributed by atoms with Crippen molar-refractivity contribution in [2.45, 2.75) is 38.1 Å². The third kappa shape index (κ3) is 2.60. The smallest absolute Gasteiger partial charge is 0.137 e. The van der Waals surface area contributed by atoms with Crippen molar-refractivity contribution in [3.8, 4) is 0 Å². The molecule has 110 valence electrons. The van der Waals surface area contributed by atoms with Gasteiger partial charge in [0.15, 0.2) is 0 Å². The number of rotatable bonds is 4. The van der Waals surface area contributed by atoms with Gasteiger partial charge < -0.3 is 5.32 Å². The monoisotopic (exact) mass is 282 g/mol. The van der Waals surface area contributed by atoms with Gasteiger partial charge in [0.2, 0.25) is 0 Å². The molecule has 2 unspecified atom stereocenters. The third-order valence-corrected chi connectivity index (χ3v) is 5.21. The number of nitrogens with one attached hydrogen (secondary N) is 2. The van der Waals surface area contributed by atoms with E-state index in [0.717, 1.165) is 30.6 Å². The molecule has 2 atom stereocenters. The SMILES string of the molecule is c1ccc2c(c1)CC1CCC(C2)C1NCCc1ncn[nH]1. The molecule has 1 heterocycles. The van der Waals surface area contributed by atoms with Crippen LogP contribution in [-0.2, 0) is 19.3 Å². The molecular weight excluding hydrogens is 260 g/mol. The van der Waals surface area contributed by atoms with Gasteiger partial charge in [0.1, 0.15) is 12.2 Å². The minimum absolute atomic E-state index is 0.667. The zero-order valence-electron chi connectivity index (χ0n) is 12.3. The second-order valence-electron chi connectivity index (χ2n) is 6.44. The normalized spacial score (nSPS) is 27.3. The third-order valence-electron chi connectivity index (χ3n) is 5.21. The quantitative estimate of drug-likeness (QED) is 0.903. The van der Waals surface area contributed by atoms with Crippen molar-refractivity contribution in [2.24, 2.45) is 11.8 Å². The van der Waals surface area contributed by atoms with Gasteiger partial charge in [0.05, 0.1) is 0 Å². The predicted octanol–water partition coefficient (Wildman–Crippen LogP) is 2.13. The van der Waals surface area contributed by atoms with E-state index in [9.17, 15) is 0 Å². The van der Waals surface area contributed by atoms with E-state index in [4.69, 9.17) is 0 Å². The van der Waals surface area contributed by atoms with Crippen LogP contribution in [0, 0.1) is 11.8 Å². The molecule has 0 amide bonds. The number of aromatic amines is 1. The van der Waals surface area contributed by atoms with Gasteiger partial charge in [0.25, 0.3) is 0 Å². The van der Waals surface area contributed by atoms with Gasteiger partial charge in [-0.15, -0.1) is 0 Å². The molecule has 1 aromatic heterocycles.